The molecule has 1 aromatic heterocycles. The van der Waals surface area contributed by atoms with Crippen molar-refractivity contribution in [3.05, 3.63) is 107 Å². The van der Waals surface area contributed by atoms with Crippen molar-refractivity contribution in [2.75, 3.05) is 16.7 Å². The van der Waals surface area contributed by atoms with Crippen molar-refractivity contribution in [3.8, 4) is 5.75 Å². The first-order chi connectivity index (χ1) is 15.9. The van der Waals surface area contributed by atoms with Gasteiger partial charge in [-0.2, -0.15) is 0 Å². The number of sulfonamides is 1. The van der Waals surface area contributed by atoms with E-state index in [4.69, 9.17) is 4.74 Å². The number of hydrogen-bond acceptors (Lipinski definition) is 5. The molecule has 0 aliphatic rings. The van der Waals surface area contributed by atoms with Crippen LogP contribution in [0.4, 0.5) is 11.4 Å². The molecule has 0 aliphatic carbocycles. The molecule has 4 aromatic rings. The number of nitrogens with zero attached hydrogens (tertiary/aromatic N) is 1. The fraction of sp³-hybridized carbons (Fsp3) is 0.0800. The molecule has 0 fully saturated rings. The molecule has 8 heteroatoms. The molecule has 0 bridgehead atoms. The third-order valence-electron chi connectivity index (χ3n) is 4.95. The number of hydrogen-bond donors (Lipinski definition) is 1. The number of benzene rings is 3. The Hall–Kier alpha value is -3.62. The molecule has 0 atom stereocenters. The highest BCUT2D eigenvalue weighted by atomic mass is 32.2. The Morgan fingerprint density at radius 1 is 0.909 bits per heavy atom. The summed E-state index contributed by atoms with van der Waals surface area (Å²) in [7, 11) is -2.42. The van der Waals surface area contributed by atoms with Crippen LogP contribution in [-0.2, 0) is 16.6 Å². The highest BCUT2D eigenvalue weighted by Crippen LogP contribution is 2.29. The number of carbonyl (C=O) groups is 1. The van der Waals surface area contributed by atoms with Crippen molar-refractivity contribution < 1.29 is 17.9 Å². The lowest BCUT2D eigenvalue weighted by atomic mass is 10.2. The summed E-state index contributed by atoms with van der Waals surface area (Å²) in [6, 6.07) is 27.0. The minimum Gasteiger partial charge on any atom is -0.489 e. The fourth-order valence-corrected chi connectivity index (χ4v) is 5.64. The number of carbonyl (C=O) groups excluding carboxylic acids is 1. The van der Waals surface area contributed by atoms with Crippen LogP contribution in [0.2, 0.25) is 0 Å². The summed E-state index contributed by atoms with van der Waals surface area (Å²) >= 11 is 1.08. The van der Waals surface area contributed by atoms with Gasteiger partial charge in [0.15, 0.2) is 0 Å². The quantitative estimate of drug-likeness (QED) is 0.368. The Balaban J connectivity index is 1.45. The Morgan fingerprint density at radius 3 is 2.21 bits per heavy atom. The van der Waals surface area contributed by atoms with Crippen molar-refractivity contribution in [3.63, 3.8) is 0 Å². The summed E-state index contributed by atoms with van der Waals surface area (Å²) in [4.78, 5) is 13.0. The van der Waals surface area contributed by atoms with Gasteiger partial charge in [0.1, 0.15) is 22.1 Å². The largest absolute Gasteiger partial charge is 0.489 e. The van der Waals surface area contributed by atoms with E-state index < -0.39 is 15.9 Å². The van der Waals surface area contributed by atoms with Gasteiger partial charge in [0.05, 0.1) is 5.69 Å². The third-order valence-corrected chi connectivity index (χ3v) is 7.82. The van der Waals surface area contributed by atoms with E-state index in [2.05, 4.69) is 5.32 Å². The van der Waals surface area contributed by atoms with Crippen LogP contribution in [0.3, 0.4) is 0 Å². The van der Waals surface area contributed by atoms with E-state index in [1.807, 2.05) is 36.4 Å². The monoisotopic (exact) mass is 478 g/mol. The maximum absolute atomic E-state index is 13.1. The Bertz CT molecular complexity index is 1320. The molecule has 0 saturated heterocycles. The Morgan fingerprint density at radius 2 is 1.55 bits per heavy atom. The van der Waals surface area contributed by atoms with Crippen LogP contribution in [0.25, 0.3) is 0 Å². The second kappa shape index (κ2) is 9.89. The molecule has 1 heterocycles. The first kappa shape index (κ1) is 22.6. The van der Waals surface area contributed by atoms with Crippen molar-refractivity contribution in [1.82, 2.24) is 0 Å². The number of rotatable bonds is 8. The van der Waals surface area contributed by atoms with Crippen molar-refractivity contribution in [1.29, 1.82) is 0 Å². The number of nitrogens with one attached hydrogen (secondary N) is 1. The SMILES string of the molecule is CN(c1ccccc1)S(=O)(=O)c1ccsc1C(=O)Nc1ccc(OCc2ccccc2)cc1. The minimum absolute atomic E-state index is 0.0285. The van der Waals surface area contributed by atoms with E-state index in [0.29, 0.717) is 23.7 Å². The summed E-state index contributed by atoms with van der Waals surface area (Å²) < 4.78 is 33.2. The zero-order valence-corrected chi connectivity index (χ0v) is 19.5. The van der Waals surface area contributed by atoms with Gasteiger partial charge in [-0.15, -0.1) is 11.3 Å². The Kier molecular flexibility index (Phi) is 6.76. The molecule has 33 heavy (non-hydrogen) atoms. The maximum atomic E-state index is 13.1. The van der Waals surface area contributed by atoms with E-state index in [0.717, 1.165) is 16.9 Å². The summed E-state index contributed by atoms with van der Waals surface area (Å²) in [5.41, 5.74) is 2.11. The van der Waals surface area contributed by atoms with E-state index in [1.165, 1.54) is 17.4 Å². The normalized spacial score (nSPS) is 11.1. The smallest absolute Gasteiger partial charge is 0.267 e. The van der Waals surface area contributed by atoms with Gasteiger partial charge in [-0.1, -0.05) is 48.5 Å². The summed E-state index contributed by atoms with van der Waals surface area (Å²) in [5, 5.41) is 4.37. The van der Waals surface area contributed by atoms with Crippen LogP contribution in [0.1, 0.15) is 15.2 Å². The second-order valence-corrected chi connectivity index (χ2v) is 10.0. The predicted molar refractivity (Wildman–Crippen MR) is 132 cm³/mol. The molecule has 0 aliphatic heterocycles. The van der Waals surface area contributed by atoms with Gasteiger partial charge in [-0.05, 0) is 53.4 Å². The molecule has 0 unspecified atom stereocenters. The average Bonchev–Trinajstić information content (AvgIpc) is 3.36. The van der Waals surface area contributed by atoms with E-state index in [-0.39, 0.29) is 9.77 Å². The van der Waals surface area contributed by atoms with Gasteiger partial charge in [0, 0.05) is 12.7 Å². The molecular formula is C25H22N2O4S2. The highest BCUT2D eigenvalue weighted by Gasteiger charge is 2.28. The minimum atomic E-state index is -3.89. The highest BCUT2D eigenvalue weighted by molar-refractivity contribution is 7.93. The van der Waals surface area contributed by atoms with Crippen LogP contribution in [0.5, 0.6) is 5.75 Å². The molecule has 0 saturated carbocycles. The lowest BCUT2D eigenvalue weighted by molar-refractivity contribution is 0.102. The van der Waals surface area contributed by atoms with Crippen molar-refractivity contribution in [2.45, 2.75) is 11.5 Å². The molecule has 3 aromatic carbocycles. The third kappa shape index (κ3) is 5.24. The Labute approximate surface area is 197 Å². The molecular weight excluding hydrogens is 456 g/mol. The van der Waals surface area contributed by atoms with Gasteiger partial charge in [-0.25, -0.2) is 8.42 Å². The van der Waals surface area contributed by atoms with Crippen molar-refractivity contribution in [2.24, 2.45) is 0 Å². The van der Waals surface area contributed by atoms with E-state index in [9.17, 15) is 13.2 Å². The van der Waals surface area contributed by atoms with Gasteiger partial charge < -0.3 is 10.1 Å². The zero-order valence-electron chi connectivity index (χ0n) is 17.8. The second-order valence-electron chi connectivity index (χ2n) is 7.17. The topological polar surface area (TPSA) is 75.7 Å². The lowest BCUT2D eigenvalue weighted by Gasteiger charge is -2.19. The number of para-hydroxylation sites is 1. The molecule has 0 radical (unpaired) electrons. The first-order valence-corrected chi connectivity index (χ1v) is 12.5. The summed E-state index contributed by atoms with van der Waals surface area (Å²) in [6.45, 7) is 0.442. The number of anilines is 2. The average molecular weight is 479 g/mol. The molecule has 4 rings (SSSR count). The van der Waals surface area contributed by atoms with Gasteiger partial charge in [0.2, 0.25) is 0 Å². The molecule has 0 spiro atoms. The molecule has 1 amide bonds. The van der Waals surface area contributed by atoms with E-state index >= 15 is 0 Å². The van der Waals surface area contributed by atoms with Crippen molar-refractivity contribution >= 4 is 38.6 Å². The number of thiophene rings is 1. The molecule has 6 nitrogen and oxygen atoms in total. The van der Waals surface area contributed by atoms with Crippen LogP contribution in [-0.4, -0.2) is 21.4 Å². The number of ether oxygens (including phenoxy) is 1. The maximum Gasteiger partial charge on any atom is 0.267 e. The molecule has 168 valence electrons. The first-order valence-electron chi connectivity index (χ1n) is 10.1. The lowest BCUT2D eigenvalue weighted by Crippen LogP contribution is -2.28. The van der Waals surface area contributed by atoms with Crippen LogP contribution < -0.4 is 14.4 Å². The zero-order chi connectivity index (χ0) is 23.3. The van der Waals surface area contributed by atoms with Crippen LogP contribution in [0, 0.1) is 0 Å². The van der Waals surface area contributed by atoms with Gasteiger partial charge >= 0.3 is 0 Å². The summed E-state index contributed by atoms with van der Waals surface area (Å²) in [5.74, 6) is 0.184. The predicted octanol–water partition coefficient (Wildman–Crippen LogP) is 5.40. The summed E-state index contributed by atoms with van der Waals surface area (Å²) in [6.07, 6.45) is 0. The fourth-order valence-electron chi connectivity index (χ4n) is 3.15. The molecule has 1 N–H and O–H groups in total. The van der Waals surface area contributed by atoms with Crippen LogP contribution >= 0.6 is 11.3 Å². The van der Waals surface area contributed by atoms with Gasteiger partial charge in [0.25, 0.3) is 15.9 Å². The standard InChI is InChI=1S/C25H22N2O4S2/c1-27(21-10-6-3-7-11-21)33(29,30)23-16-17-32-24(23)25(28)26-20-12-14-22(15-13-20)31-18-19-8-4-2-5-9-19/h2-17H,18H2,1H3,(H,26,28). The number of amides is 1. The van der Waals surface area contributed by atoms with Crippen LogP contribution in [0.15, 0.2) is 101 Å². The van der Waals surface area contributed by atoms with E-state index in [1.54, 1.807) is 53.9 Å². The van der Waals surface area contributed by atoms with Gasteiger partial charge in [-0.3, -0.25) is 9.10 Å².